The Morgan fingerprint density at radius 3 is 2.82 bits per heavy atom. The molecular formula is C12H13Cl2FOS. The van der Waals surface area contributed by atoms with E-state index in [1.165, 1.54) is 12.1 Å². The first-order chi connectivity index (χ1) is 8.06. The average Bonchev–Trinajstić information content (AvgIpc) is 2.68. The van der Waals surface area contributed by atoms with Crippen molar-refractivity contribution >= 4 is 35.0 Å². The Labute approximate surface area is 115 Å². The van der Waals surface area contributed by atoms with Crippen LogP contribution in [0, 0.1) is 11.7 Å². The summed E-state index contributed by atoms with van der Waals surface area (Å²) in [5, 5.41) is 0.574. The molecule has 1 aliphatic heterocycles. The van der Waals surface area contributed by atoms with Crippen molar-refractivity contribution in [3.05, 3.63) is 33.6 Å². The van der Waals surface area contributed by atoms with Crippen LogP contribution < -0.4 is 0 Å². The molecule has 1 saturated heterocycles. The van der Waals surface area contributed by atoms with Crippen LogP contribution in [-0.4, -0.2) is 12.0 Å². The molecule has 0 spiro atoms. The van der Waals surface area contributed by atoms with Gasteiger partial charge in [0.1, 0.15) is 11.3 Å². The van der Waals surface area contributed by atoms with Crippen LogP contribution in [0.2, 0.25) is 10.0 Å². The van der Waals surface area contributed by atoms with Crippen molar-refractivity contribution in [2.75, 3.05) is 6.61 Å². The molecule has 1 heterocycles. The van der Waals surface area contributed by atoms with Crippen LogP contribution in [-0.2, 0) is 10.5 Å². The van der Waals surface area contributed by atoms with Crippen LogP contribution in [0.4, 0.5) is 4.39 Å². The quantitative estimate of drug-likeness (QED) is 0.744. The van der Waals surface area contributed by atoms with Crippen LogP contribution in [0.25, 0.3) is 0 Å². The first-order valence-corrected chi connectivity index (χ1v) is 7.23. The van der Waals surface area contributed by atoms with Gasteiger partial charge in [-0.3, -0.25) is 0 Å². The van der Waals surface area contributed by atoms with Gasteiger partial charge in [-0.2, -0.15) is 0 Å². The van der Waals surface area contributed by atoms with E-state index < -0.39 is 5.82 Å². The maximum Gasteiger partial charge on any atom is 0.142 e. The molecule has 2 rings (SSSR count). The molecule has 5 heteroatoms. The van der Waals surface area contributed by atoms with Gasteiger partial charge in [-0.15, -0.1) is 11.8 Å². The van der Waals surface area contributed by atoms with Crippen LogP contribution in [0.1, 0.15) is 18.9 Å². The van der Waals surface area contributed by atoms with E-state index in [1.54, 1.807) is 11.8 Å². The van der Waals surface area contributed by atoms with E-state index in [0.717, 1.165) is 18.6 Å². The molecule has 1 aliphatic rings. The molecule has 2 atom stereocenters. The number of halogens is 3. The SMILES string of the molecule is C[C@H]1COC(SCc2cc(F)c(Cl)cc2Cl)C1. The summed E-state index contributed by atoms with van der Waals surface area (Å²) >= 11 is 13.3. The molecule has 0 radical (unpaired) electrons. The number of benzene rings is 1. The summed E-state index contributed by atoms with van der Waals surface area (Å²) in [7, 11) is 0. The van der Waals surface area contributed by atoms with Crippen molar-refractivity contribution in [3.63, 3.8) is 0 Å². The molecule has 1 aromatic carbocycles. The van der Waals surface area contributed by atoms with Crippen molar-refractivity contribution in [2.45, 2.75) is 24.5 Å². The van der Waals surface area contributed by atoms with Gasteiger partial charge in [0.25, 0.3) is 0 Å². The highest BCUT2D eigenvalue weighted by Gasteiger charge is 2.22. The minimum absolute atomic E-state index is 0.0643. The topological polar surface area (TPSA) is 9.23 Å². The second-order valence-electron chi connectivity index (χ2n) is 4.27. The van der Waals surface area contributed by atoms with Crippen molar-refractivity contribution < 1.29 is 9.13 Å². The highest BCUT2D eigenvalue weighted by molar-refractivity contribution is 7.99. The average molecular weight is 295 g/mol. The van der Waals surface area contributed by atoms with E-state index in [-0.39, 0.29) is 10.5 Å². The van der Waals surface area contributed by atoms with E-state index in [0.29, 0.717) is 16.7 Å². The van der Waals surface area contributed by atoms with Gasteiger partial charge in [0.05, 0.1) is 11.6 Å². The van der Waals surface area contributed by atoms with Gasteiger partial charge >= 0.3 is 0 Å². The van der Waals surface area contributed by atoms with Gasteiger partial charge in [0.15, 0.2) is 0 Å². The van der Waals surface area contributed by atoms with Gasteiger partial charge in [-0.05, 0) is 30.0 Å². The van der Waals surface area contributed by atoms with Crippen LogP contribution in [0.3, 0.4) is 0 Å². The first-order valence-electron chi connectivity index (χ1n) is 5.43. The molecule has 1 fully saturated rings. The van der Waals surface area contributed by atoms with Gasteiger partial charge in [0.2, 0.25) is 0 Å². The minimum Gasteiger partial charge on any atom is -0.367 e. The molecule has 1 unspecified atom stereocenters. The Bertz CT molecular complexity index is 414. The zero-order valence-corrected chi connectivity index (χ0v) is 11.7. The van der Waals surface area contributed by atoms with E-state index in [4.69, 9.17) is 27.9 Å². The number of hydrogen-bond acceptors (Lipinski definition) is 2. The van der Waals surface area contributed by atoms with Crippen molar-refractivity contribution in [1.29, 1.82) is 0 Å². The minimum atomic E-state index is -0.424. The molecular weight excluding hydrogens is 282 g/mol. The normalized spacial score (nSPS) is 24.2. The lowest BCUT2D eigenvalue weighted by molar-refractivity contribution is 0.166. The number of hydrogen-bond donors (Lipinski definition) is 0. The molecule has 0 bridgehead atoms. The summed E-state index contributed by atoms with van der Waals surface area (Å²) in [5.74, 6) is 0.821. The largest absolute Gasteiger partial charge is 0.367 e. The Hall–Kier alpha value is 0.0400. The second-order valence-corrected chi connectivity index (χ2v) is 6.23. The molecule has 0 amide bonds. The fraction of sp³-hybridized carbons (Fsp3) is 0.500. The molecule has 0 saturated carbocycles. The highest BCUT2D eigenvalue weighted by atomic mass is 35.5. The fourth-order valence-corrected chi connectivity index (χ4v) is 3.48. The molecule has 0 aliphatic carbocycles. The number of thioether (sulfide) groups is 1. The van der Waals surface area contributed by atoms with Crippen LogP contribution in [0.5, 0.6) is 0 Å². The summed E-state index contributed by atoms with van der Waals surface area (Å²) in [4.78, 5) is 0. The summed E-state index contributed by atoms with van der Waals surface area (Å²) < 4.78 is 18.9. The van der Waals surface area contributed by atoms with E-state index in [2.05, 4.69) is 6.92 Å². The smallest absolute Gasteiger partial charge is 0.142 e. The summed E-state index contributed by atoms with van der Waals surface area (Å²) in [6.07, 6.45) is 1.04. The number of rotatable bonds is 3. The van der Waals surface area contributed by atoms with Gasteiger partial charge in [-0.1, -0.05) is 30.1 Å². The molecule has 94 valence electrons. The lowest BCUT2D eigenvalue weighted by Crippen LogP contribution is -1.99. The molecule has 17 heavy (non-hydrogen) atoms. The van der Waals surface area contributed by atoms with E-state index >= 15 is 0 Å². The third-order valence-corrected chi connectivity index (χ3v) is 4.49. The third-order valence-electron chi connectivity index (χ3n) is 2.68. The van der Waals surface area contributed by atoms with Crippen molar-refractivity contribution in [1.82, 2.24) is 0 Å². The predicted molar refractivity (Wildman–Crippen MR) is 71.2 cm³/mol. The Morgan fingerprint density at radius 2 is 2.18 bits per heavy atom. The maximum absolute atomic E-state index is 13.3. The summed E-state index contributed by atoms with van der Waals surface area (Å²) in [6, 6.07) is 2.85. The van der Waals surface area contributed by atoms with E-state index in [1.807, 2.05) is 0 Å². The Morgan fingerprint density at radius 1 is 1.41 bits per heavy atom. The standard InChI is InChI=1S/C12H13Cl2FOS/c1-7-2-12(16-5-7)17-6-8-3-11(15)10(14)4-9(8)13/h3-4,7,12H,2,5-6H2,1H3/t7-,12?/m1/s1. The predicted octanol–water partition coefficient (Wildman–Crippen LogP) is 4.75. The zero-order chi connectivity index (χ0) is 12.4. The zero-order valence-electron chi connectivity index (χ0n) is 9.38. The Kier molecular flexibility index (Phi) is 4.59. The second kappa shape index (κ2) is 5.79. The molecule has 1 aromatic rings. The van der Waals surface area contributed by atoms with Crippen LogP contribution >= 0.6 is 35.0 Å². The van der Waals surface area contributed by atoms with Gasteiger partial charge in [0, 0.05) is 10.8 Å². The van der Waals surface area contributed by atoms with E-state index in [9.17, 15) is 4.39 Å². The molecule has 0 aromatic heterocycles. The lowest BCUT2D eigenvalue weighted by atomic mass is 10.2. The summed E-state index contributed by atoms with van der Waals surface area (Å²) in [5.41, 5.74) is 0.960. The molecule has 0 N–H and O–H groups in total. The molecule has 1 nitrogen and oxygen atoms in total. The number of ether oxygens (including phenoxy) is 1. The fourth-order valence-electron chi connectivity index (χ4n) is 1.71. The van der Waals surface area contributed by atoms with Gasteiger partial charge < -0.3 is 4.74 Å². The lowest BCUT2D eigenvalue weighted by Gasteiger charge is -2.10. The maximum atomic E-state index is 13.3. The summed E-state index contributed by atoms with van der Waals surface area (Å²) in [6.45, 7) is 2.97. The van der Waals surface area contributed by atoms with Gasteiger partial charge in [-0.25, -0.2) is 4.39 Å². The van der Waals surface area contributed by atoms with Crippen LogP contribution in [0.15, 0.2) is 12.1 Å². The third kappa shape index (κ3) is 3.50. The van der Waals surface area contributed by atoms with Crippen molar-refractivity contribution in [3.8, 4) is 0 Å². The monoisotopic (exact) mass is 294 g/mol. The highest BCUT2D eigenvalue weighted by Crippen LogP contribution is 2.33. The first kappa shape index (κ1) is 13.5. The van der Waals surface area contributed by atoms with Crippen molar-refractivity contribution in [2.24, 2.45) is 5.92 Å². The Balaban J connectivity index is 1.97.